The molecule has 2 fully saturated rings. The van der Waals surface area contributed by atoms with Crippen molar-refractivity contribution in [2.24, 2.45) is 4.99 Å². The minimum absolute atomic E-state index is 0.109. The Bertz CT molecular complexity index is 1220. The molecule has 0 saturated carbocycles. The summed E-state index contributed by atoms with van der Waals surface area (Å²) in [5.41, 5.74) is 4.56. The van der Waals surface area contributed by atoms with E-state index >= 15 is 0 Å². The summed E-state index contributed by atoms with van der Waals surface area (Å²) in [6.07, 6.45) is 2.45. The highest BCUT2D eigenvalue weighted by Crippen LogP contribution is 2.39. The van der Waals surface area contributed by atoms with Gasteiger partial charge in [0.2, 0.25) is 11.8 Å². The number of hydrogen-bond donors (Lipinski definition) is 1. The van der Waals surface area contributed by atoms with Crippen LogP contribution in [-0.2, 0) is 19.8 Å². The highest BCUT2D eigenvalue weighted by Gasteiger charge is 2.48. The van der Waals surface area contributed by atoms with Crippen molar-refractivity contribution in [1.82, 2.24) is 14.8 Å². The number of β-amino-alcohol motifs (C(OH)–C–C–N with tert-alkyl or cyclic N) is 1. The Labute approximate surface area is 215 Å². The number of carbonyl (C=O) groups excluding carboxylic acids is 3. The van der Waals surface area contributed by atoms with Gasteiger partial charge < -0.3 is 14.9 Å². The normalized spacial score (nSPS) is 28.5. The van der Waals surface area contributed by atoms with Crippen LogP contribution in [-0.4, -0.2) is 74.6 Å². The van der Waals surface area contributed by atoms with Gasteiger partial charge in [0, 0.05) is 38.6 Å². The van der Waals surface area contributed by atoms with Crippen LogP contribution >= 0.6 is 11.3 Å². The van der Waals surface area contributed by atoms with E-state index in [0.717, 1.165) is 34.5 Å². The fourth-order valence-electron chi connectivity index (χ4n) is 5.85. The van der Waals surface area contributed by atoms with Gasteiger partial charge in [-0.15, -0.1) is 11.3 Å². The molecule has 0 radical (unpaired) electrons. The number of thiazole rings is 1. The minimum atomic E-state index is -0.824. The molecule has 1 aromatic carbocycles. The lowest BCUT2D eigenvalue weighted by molar-refractivity contribution is -0.146. The van der Waals surface area contributed by atoms with E-state index in [-0.39, 0.29) is 24.3 Å². The molecule has 8 nitrogen and oxygen atoms in total. The standard InChI is InChI=1S/C27H32N4O4S/c1-16-24(36-15-28-16)18-7-9-19(10-8-18)27(3)13-21(29-26(27)35)23-12-20(33)14-31(23)25(34)22-6-4-5-11-30(22)17(2)32/h7-10,15,20,22-23,33H,4-6,11-14H2,1-3H3. The van der Waals surface area contributed by atoms with E-state index in [2.05, 4.69) is 9.98 Å². The van der Waals surface area contributed by atoms with Crippen LogP contribution in [0.3, 0.4) is 0 Å². The summed E-state index contributed by atoms with van der Waals surface area (Å²) in [5, 5.41) is 10.5. The van der Waals surface area contributed by atoms with Gasteiger partial charge in [0.05, 0.1) is 33.6 Å². The van der Waals surface area contributed by atoms with Crippen molar-refractivity contribution in [3.05, 3.63) is 41.0 Å². The van der Waals surface area contributed by atoms with Crippen LogP contribution < -0.4 is 0 Å². The fraction of sp³-hybridized carbons (Fsp3) is 0.519. The molecule has 4 atom stereocenters. The molecule has 190 valence electrons. The Morgan fingerprint density at radius 1 is 1.17 bits per heavy atom. The second-order valence-corrected chi connectivity index (χ2v) is 11.2. The zero-order valence-corrected chi connectivity index (χ0v) is 21.8. The highest BCUT2D eigenvalue weighted by molar-refractivity contribution is 7.13. The van der Waals surface area contributed by atoms with Gasteiger partial charge in [0.15, 0.2) is 0 Å². The Hall–Kier alpha value is -2.91. The molecule has 9 heteroatoms. The number of benzene rings is 1. The van der Waals surface area contributed by atoms with Crippen molar-refractivity contribution < 1.29 is 19.5 Å². The monoisotopic (exact) mass is 508 g/mol. The number of likely N-dealkylation sites (tertiary alicyclic amines) is 2. The molecule has 4 unspecified atom stereocenters. The van der Waals surface area contributed by atoms with Crippen LogP contribution in [0.1, 0.15) is 57.2 Å². The predicted molar refractivity (Wildman–Crippen MR) is 138 cm³/mol. The van der Waals surface area contributed by atoms with Crippen molar-refractivity contribution in [3.8, 4) is 10.4 Å². The number of hydrogen-bond acceptors (Lipinski definition) is 6. The number of aromatic nitrogens is 1. The summed E-state index contributed by atoms with van der Waals surface area (Å²) < 4.78 is 0. The Morgan fingerprint density at radius 2 is 1.92 bits per heavy atom. The quantitative estimate of drug-likeness (QED) is 0.684. The number of aliphatic imine (C=N–C) groups is 1. The maximum atomic E-state index is 13.6. The largest absolute Gasteiger partial charge is 0.391 e. The average molecular weight is 509 g/mol. The number of piperidine rings is 1. The molecule has 2 saturated heterocycles. The van der Waals surface area contributed by atoms with Crippen LogP contribution in [0, 0.1) is 6.92 Å². The number of aliphatic hydroxyl groups is 1. The first-order chi connectivity index (χ1) is 17.2. The van der Waals surface area contributed by atoms with Crippen LogP contribution in [0.15, 0.2) is 34.8 Å². The number of aryl methyl sites for hydroxylation is 1. The smallest absolute Gasteiger partial charge is 0.256 e. The molecule has 5 rings (SSSR count). The Kier molecular flexibility index (Phi) is 6.55. The zero-order chi connectivity index (χ0) is 25.6. The molecule has 0 bridgehead atoms. The first-order valence-corrected chi connectivity index (χ1v) is 13.5. The van der Waals surface area contributed by atoms with E-state index in [1.165, 1.54) is 6.92 Å². The van der Waals surface area contributed by atoms with Crippen LogP contribution in [0.2, 0.25) is 0 Å². The summed E-state index contributed by atoms with van der Waals surface area (Å²) in [4.78, 5) is 52.1. The third kappa shape index (κ3) is 4.28. The number of amides is 3. The first kappa shape index (κ1) is 24.8. The summed E-state index contributed by atoms with van der Waals surface area (Å²) in [6.45, 7) is 6.14. The van der Waals surface area contributed by atoms with Crippen LogP contribution in [0.25, 0.3) is 10.4 Å². The minimum Gasteiger partial charge on any atom is -0.391 e. The molecule has 2 aromatic rings. The van der Waals surface area contributed by atoms with Crippen molar-refractivity contribution in [2.45, 2.75) is 76.5 Å². The molecule has 36 heavy (non-hydrogen) atoms. The molecule has 0 aliphatic carbocycles. The van der Waals surface area contributed by atoms with Gasteiger partial charge >= 0.3 is 0 Å². The van der Waals surface area contributed by atoms with Crippen molar-refractivity contribution in [2.75, 3.05) is 13.1 Å². The van der Waals surface area contributed by atoms with E-state index in [4.69, 9.17) is 0 Å². The van der Waals surface area contributed by atoms with E-state index in [9.17, 15) is 19.5 Å². The Balaban J connectivity index is 1.37. The second-order valence-electron chi connectivity index (χ2n) is 10.4. The van der Waals surface area contributed by atoms with Gasteiger partial charge in [-0.2, -0.15) is 0 Å². The van der Waals surface area contributed by atoms with E-state index in [1.54, 1.807) is 21.1 Å². The second kappa shape index (κ2) is 9.52. The third-order valence-corrected chi connectivity index (χ3v) is 8.90. The topological polar surface area (TPSA) is 103 Å². The van der Waals surface area contributed by atoms with Crippen molar-refractivity contribution in [3.63, 3.8) is 0 Å². The van der Waals surface area contributed by atoms with Crippen LogP contribution in [0.5, 0.6) is 0 Å². The number of carbonyl (C=O) groups is 3. The lowest BCUT2D eigenvalue weighted by atomic mass is 9.78. The lowest BCUT2D eigenvalue weighted by Gasteiger charge is -2.38. The average Bonchev–Trinajstić information content (AvgIpc) is 3.56. The molecular formula is C27H32N4O4S. The summed E-state index contributed by atoms with van der Waals surface area (Å²) in [6, 6.07) is 7.03. The summed E-state index contributed by atoms with van der Waals surface area (Å²) in [5.74, 6) is -0.488. The molecular weight excluding hydrogens is 476 g/mol. The van der Waals surface area contributed by atoms with Gasteiger partial charge in [0.1, 0.15) is 6.04 Å². The lowest BCUT2D eigenvalue weighted by Crippen LogP contribution is -2.54. The number of rotatable bonds is 4. The molecule has 3 aliphatic heterocycles. The molecule has 1 N–H and O–H groups in total. The predicted octanol–water partition coefficient (Wildman–Crippen LogP) is 3.11. The molecule has 3 amide bonds. The first-order valence-electron chi connectivity index (χ1n) is 12.6. The van der Waals surface area contributed by atoms with Crippen molar-refractivity contribution in [1.29, 1.82) is 0 Å². The van der Waals surface area contributed by atoms with E-state index in [0.29, 0.717) is 31.5 Å². The van der Waals surface area contributed by atoms with E-state index in [1.807, 2.05) is 43.6 Å². The van der Waals surface area contributed by atoms with Gasteiger partial charge in [-0.1, -0.05) is 24.3 Å². The zero-order valence-electron chi connectivity index (χ0n) is 20.9. The van der Waals surface area contributed by atoms with Gasteiger partial charge in [0.25, 0.3) is 5.91 Å². The SMILES string of the molecule is CC(=O)N1CCCCC1C(=O)N1CC(O)CC1C1=NC(=O)C(C)(c2ccc(-c3scnc3C)cc2)C1. The molecule has 4 heterocycles. The van der Waals surface area contributed by atoms with Gasteiger partial charge in [-0.05, 0) is 44.2 Å². The van der Waals surface area contributed by atoms with Gasteiger partial charge in [-0.3, -0.25) is 14.4 Å². The third-order valence-electron chi connectivity index (χ3n) is 7.92. The fourth-order valence-corrected chi connectivity index (χ4v) is 6.66. The molecule has 0 spiro atoms. The van der Waals surface area contributed by atoms with E-state index < -0.39 is 23.6 Å². The summed E-state index contributed by atoms with van der Waals surface area (Å²) >= 11 is 1.59. The van der Waals surface area contributed by atoms with Gasteiger partial charge in [-0.25, -0.2) is 9.98 Å². The highest BCUT2D eigenvalue weighted by atomic mass is 32.1. The summed E-state index contributed by atoms with van der Waals surface area (Å²) in [7, 11) is 0. The maximum Gasteiger partial charge on any atom is 0.256 e. The van der Waals surface area contributed by atoms with Crippen LogP contribution in [0.4, 0.5) is 0 Å². The molecule has 1 aromatic heterocycles. The Morgan fingerprint density at radius 3 is 2.58 bits per heavy atom. The molecule has 3 aliphatic rings. The number of nitrogens with zero attached hydrogens (tertiary/aromatic N) is 4. The van der Waals surface area contributed by atoms with Crippen molar-refractivity contribution >= 4 is 34.8 Å². The maximum absolute atomic E-state index is 13.6. The number of aliphatic hydroxyl groups excluding tert-OH is 1.